The summed E-state index contributed by atoms with van der Waals surface area (Å²) in [6.07, 6.45) is -3.05. The fourth-order valence-corrected chi connectivity index (χ4v) is 4.27. The van der Waals surface area contributed by atoms with Crippen molar-refractivity contribution in [1.29, 1.82) is 0 Å². The van der Waals surface area contributed by atoms with Gasteiger partial charge in [0.15, 0.2) is 10.2 Å². The van der Waals surface area contributed by atoms with Crippen molar-refractivity contribution in [3.63, 3.8) is 0 Å². The Morgan fingerprint density at radius 3 is 2.81 bits per heavy atom. The second-order valence-corrected chi connectivity index (χ2v) is 7.77. The molecule has 1 amide bonds. The summed E-state index contributed by atoms with van der Waals surface area (Å²) in [5.74, 6) is -0.812. The van der Waals surface area contributed by atoms with Crippen molar-refractivity contribution in [3.8, 4) is 5.06 Å². The van der Waals surface area contributed by atoms with Gasteiger partial charge in [0.05, 0.1) is 12.7 Å². The molecule has 3 heterocycles. The number of anilines is 1. The molecule has 0 unspecified atom stereocenters. The lowest BCUT2D eigenvalue weighted by Gasteiger charge is -2.25. The van der Waals surface area contributed by atoms with Gasteiger partial charge >= 0.3 is 12.1 Å². The second-order valence-electron chi connectivity index (χ2n) is 5.64. The van der Waals surface area contributed by atoms with Gasteiger partial charge in [0.2, 0.25) is 5.91 Å². The third kappa shape index (κ3) is 4.59. The Morgan fingerprint density at radius 2 is 2.15 bits per heavy atom. The van der Waals surface area contributed by atoms with E-state index in [9.17, 15) is 22.8 Å². The number of alkyl halides is 3. The molecule has 6 nitrogen and oxygen atoms in total. The van der Waals surface area contributed by atoms with E-state index < -0.39 is 17.0 Å². The number of amides is 1. The number of nitrogens with zero attached hydrogens (tertiary/aromatic N) is 2. The molecule has 11 heteroatoms. The average molecular weight is 405 g/mol. The van der Waals surface area contributed by atoms with Crippen LogP contribution < -0.4 is 10.1 Å². The molecule has 0 aromatic carbocycles. The van der Waals surface area contributed by atoms with Crippen molar-refractivity contribution in [2.24, 2.45) is 0 Å². The first-order chi connectivity index (χ1) is 12.2. The van der Waals surface area contributed by atoms with Gasteiger partial charge < -0.3 is 10.1 Å². The lowest BCUT2D eigenvalue weighted by Crippen LogP contribution is -2.36. The molecule has 0 radical (unpaired) electrons. The molecule has 2 aromatic rings. The van der Waals surface area contributed by atoms with E-state index in [1.165, 1.54) is 18.3 Å². The summed E-state index contributed by atoms with van der Waals surface area (Å²) in [4.78, 5) is 28.8. The number of hydrogen-bond acceptors (Lipinski definition) is 7. The number of aromatic nitrogens is 1. The SMILES string of the molecule is CC(=O)Oc1cc2c(s1)CCN(CC(=O)Nc1ncc(C(F)(F)F)s1)C2. The summed E-state index contributed by atoms with van der Waals surface area (Å²) in [6.45, 7) is 2.51. The largest absolute Gasteiger partial charge is 0.427 e. The third-order valence-electron chi connectivity index (χ3n) is 3.57. The van der Waals surface area contributed by atoms with Crippen LogP contribution in [0.5, 0.6) is 5.06 Å². The molecule has 26 heavy (non-hydrogen) atoms. The number of carbonyl (C=O) groups excluding carboxylic acids is 2. The van der Waals surface area contributed by atoms with Gasteiger partial charge in [-0.05, 0) is 18.1 Å². The molecule has 2 aromatic heterocycles. The summed E-state index contributed by atoms with van der Waals surface area (Å²) >= 11 is 1.80. The summed E-state index contributed by atoms with van der Waals surface area (Å²) < 4.78 is 42.7. The maximum absolute atomic E-state index is 12.6. The number of halogens is 3. The van der Waals surface area contributed by atoms with Crippen LogP contribution in [0.2, 0.25) is 0 Å². The second kappa shape index (κ2) is 7.33. The van der Waals surface area contributed by atoms with Crippen molar-refractivity contribution in [3.05, 3.63) is 27.6 Å². The number of hydrogen-bond donors (Lipinski definition) is 1. The average Bonchev–Trinajstić information content (AvgIpc) is 3.11. The van der Waals surface area contributed by atoms with Crippen LogP contribution in [-0.4, -0.2) is 34.8 Å². The number of carbonyl (C=O) groups is 2. The van der Waals surface area contributed by atoms with E-state index in [0.29, 0.717) is 42.1 Å². The Hall–Kier alpha value is -1.98. The van der Waals surface area contributed by atoms with Crippen LogP contribution in [0.3, 0.4) is 0 Å². The van der Waals surface area contributed by atoms with Crippen LogP contribution >= 0.6 is 22.7 Å². The van der Waals surface area contributed by atoms with Crippen LogP contribution in [0.1, 0.15) is 22.2 Å². The molecule has 140 valence electrons. The summed E-state index contributed by atoms with van der Waals surface area (Å²) in [5, 5.41) is 2.85. The highest BCUT2D eigenvalue weighted by atomic mass is 32.1. The fourth-order valence-electron chi connectivity index (χ4n) is 2.52. The number of nitrogens with one attached hydrogen (secondary N) is 1. The molecule has 0 spiro atoms. The summed E-state index contributed by atoms with van der Waals surface area (Å²) in [6, 6.07) is 1.78. The van der Waals surface area contributed by atoms with E-state index in [0.717, 1.165) is 10.4 Å². The van der Waals surface area contributed by atoms with Crippen LogP contribution in [0.4, 0.5) is 18.3 Å². The minimum absolute atomic E-state index is 0.0408. The van der Waals surface area contributed by atoms with Crippen molar-refractivity contribution >= 4 is 39.7 Å². The number of ether oxygens (including phenoxy) is 1. The van der Waals surface area contributed by atoms with E-state index in [1.54, 1.807) is 6.07 Å². The van der Waals surface area contributed by atoms with Gasteiger partial charge in [0.1, 0.15) is 4.88 Å². The van der Waals surface area contributed by atoms with Crippen LogP contribution in [-0.2, 0) is 28.7 Å². The van der Waals surface area contributed by atoms with E-state index in [1.807, 2.05) is 4.90 Å². The first-order valence-electron chi connectivity index (χ1n) is 7.56. The summed E-state index contributed by atoms with van der Waals surface area (Å²) in [7, 11) is 0. The van der Waals surface area contributed by atoms with Gasteiger partial charge in [-0.2, -0.15) is 13.2 Å². The fraction of sp³-hybridized carbons (Fsp3) is 0.400. The smallest absolute Gasteiger partial charge is 0.416 e. The van der Waals surface area contributed by atoms with E-state index >= 15 is 0 Å². The van der Waals surface area contributed by atoms with Gasteiger partial charge in [-0.3, -0.25) is 14.5 Å². The molecule has 1 N–H and O–H groups in total. The van der Waals surface area contributed by atoms with Crippen molar-refractivity contribution < 1.29 is 27.5 Å². The van der Waals surface area contributed by atoms with Crippen molar-refractivity contribution in [1.82, 2.24) is 9.88 Å². The standard InChI is InChI=1S/C15H14F3N3O3S2/c1-8(22)24-13-4-9-6-21(3-2-10(9)25-13)7-12(23)20-14-19-5-11(26-14)15(16,17)18/h4-5H,2-3,6-7H2,1H3,(H,19,20,23). The Labute approximate surface area is 154 Å². The highest BCUT2D eigenvalue weighted by molar-refractivity contribution is 7.15. The van der Waals surface area contributed by atoms with Gasteiger partial charge in [-0.1, -0.05) is 11.3 Å². The highest BCUT2D eigenvalue weighted by Crippen LogP contribution is 2.35. The van der Waals surface area contributed by atoms with E-state index in [-0.39, 0.29) is 17.6 Å². The highest BCUT2D eigenvalue weighted by Gasteiger charge is 2.33. The first kappa shape index (κ1) is 18.8. The van der Waals surface area contributed by atoms with Crippen LogP contribution in [0, 0.1) is 0 Å². The van der Waals surface area contributed by atoms with E-state index in [4.69, 9.17) is 4.74 Å². The molecular weight excluding hydrogens is 391 g/mol. The Balaban J connectivity index is 1.56. The third-order valence-corrected chi connectivity index (χ3v) is 5.64. The molecule has 1 aliphatic heterocycles. The Morgan fingerprint density at radius 1 is 1.38 bits per heavy atom. The normalized spacial score (nSPS) is 14.8. The predicted octanol–water partition coefficient (Wildman–Crippen LogP) is 3.15. The Bertz CT molecular complexity index is 832. The van der Waals surface area contributed by atoms with Crippen LogP contribution in [0.25, 0.3) is 0 Å². The number of fused-ring (bicyclic) bond motifs is 1. The number of thiazole rings is 1. The lowest BCUT2D eigenvalue weighted by molar-refractivity contribution is -0.134. The van der Waals surface area contributed by atoms with Gasteiger partial charge in [0, 0.05) is 24.9 Å². The molecule has 0 aliphatic carbocycles. The minimum atomic E-state index is -4.47. The molecule has 0 saturated heterocycles. The zero-order chi connectivity index (χ0) is 18.9. The molecule has 0 saturated carbocycles. The van der Waals surface area contributed by atoms with Crippen molar-refractivity contribution in [2.45, 2.75) is 26.1 Å². The zero-order valence-electron chi connectivity index (χ0n) is 13.6. The minimum Gasteiger partial charge on any atom is -0.416 e. The topological polar surface area (TPSA) is 71.5 Å². The molecule has 1 aliphatic rings. The molecule has 0 atom stereocenters. The quantitative estimate of drug-likeness (QED) is 0.792. The van der Waals surface area contributed by atoms with Gasteiger partial charge in [0.25, 0.3) is 0 Å². The lowest BCUT2D eigenvalue weighted by atomic mass is 10.1. The number of esters is 1. The van der Waals surface area contributed by atoms with E-state index in [2.05, 4.69) is 10.3 Å². The molecule has 3 rings (SSSR count). The maximum atomic E-state index is 12.6. The van der Waals surface area contributed by atoms with Crippen molar-refractivity contribution in [2.75, 3.05) is 18.4 Å². The Kier molecular flexibility index (Phi) is 5.30. The zero-order valence-corrected chi connectivity index (χ0v) is 15.2. The number of rotatable bonds is 4. The molecule has 0 bridgehead atoms. The molecule has 0 fully saturated rings. The number of thiophene rings is 1. The summed E-state index contributed by atoms with van der Waals surface area (Å²) in [5.41, 5.74) is 0.985. The van der Waals surface area contributed by atoms with Gasteiger partial charge in [-0.15, -0.1) is 11.3 Å². The first-order valence-corrected chi connectivity index (χ1v) is 9.19. The molecular formula is C15H14F3N3O3S2. The van der Waals surface area contributed by atoms with Gasteiger partial charge in [-0.25, -0.2) is 4.98 Å². The maximum Gasteiger partial charge on any atom is 0.427 e. The monoisotopic (exact) mass is 405 g/mol. The predicted molar refractivity (Wildman–Crippen MR) is 90.4 cm³/mol. The van der Waals surface area contributed by atoms with Crippen LogP contribution in [0.15, 0.2) is 12.3 Å².